The molecule has 26 heavy (non-hydrogen) atoms. The van der Waals surface area contributed by atoms with Crippen LogP contribution in [-0.2, 0) is 0 Å². The summed E-state index contributed by atoms with van der Waals surface area (Å²) in [6, 6.07) is 20.1. The standard InChI is InChI=1S/C20H18N6/c1-21-18-17-19(26-20(22-2)25-18)24-16(14-11-7-4-8-12-14)15(23-17)13-9-5-3-6-10-13/h3-12H,1-2H3,(H2,21,22,24,25,26). The molecule has 0 unspecified atom stereocenters. The van der Waals surface area contributed by atoms with Crippen molar-refractivity contribution in [3.8, 4) is 22.5 Å². The molecule has 0 radical (unpaired) electrons. The van der Waals surface area contributed by atoms with E-state index in [0.29, 0.717) is 22.9 Å². The van der Waals surface area contributed by atoms with Crippen LogP contribution >= 0.6 is 0 Å². The van der Waals surface area contributed by atoms with E-state index < -0.39 is 0 Å². The Morgan fingerprint density at radius 3 is 1.73 bits per heavy atom. The lowest BCUT2D eigenvalue weighted by Crippen LogP contribution is -2.05. The normalized spacial score (nSPS) is 10.7. The lowest BCUT2D eigenvalue weighted by atomic mass is 10.0. The molecule has 2 aromatic heterocycles. The maximum atomic E-state index is 4.89. The molecular weight excluding hydrogens is 324 g/mol. The lowest BCUT2D eigenvalue weighted by Gasteiger charge is -2.12. The molecule has 4 aromatic rings. The Morgan fingerprint density at radius 1 is 0.615 bits per heavy atom. The van der Waals surface area contributed by atoms with E-state index in [-0.39, 0.29) is 0 Å². The molecule has 128 valence electrons. The van der Waals surface area contributed by atoms with Gasteiger partial charge in [-0.15, -0.1) is 0 Å². The molecular formula is C20H18N6. The summed E-state index contributed by atoms with van der Waals surface area (Å²) >= 11 is 0. The SMILES string of the molecule is CNc1nc(NC)c2nc(-c3ccccc3)c(-c3ccccc3)nc2n1. The fourth-order valence-electron chi connectivity index (χ4n) is 2.83. The Labute approximate surface area is 151 Å². The van der Waals surface area contributed by atoms with Gasteiger partial charge in [-0.1, -0.05) is 60.7 Å². The molecule has 6 heteroatoms. The van der Waals surface area contributed by atoms with Crippen molar-refractivity contribution in [2.24, 2.45) is 0 Å². The largest absolute Gasteiger partial charge is 0.371 e. The highest BCUT2D eigenvalue weighted by Crippen LogP contribution is 2.32. The first kappa shape index (κ1) is 16.0. The van der Waals surface area contributed by atoms with Crippen molar-refractivity contribution in [3.05, 3.63) is 60.7 Å². The molecule has 2 aromatic carbocycles. The quantitative estimate of drug-likeness (QED) is 0.587. The van der Waals surface area contributed by atoms with Crippen LogP contribution in [0.5, 0.6) is 0 Å². The van der Waals surface area contributed by atoms with Crippen LogP contribution in [0.3, 0.4) is 0 Å². The second-order valence-corrected chi connectivity index (χ2v) is 5.72. The highest BCUT2D eigenvalue weighted by molar-refractivity contribution is 5.90. The van der Waals surface area contributed by atoms with Gasteiger partial charge in [0.05, 0.1) is 11.4 Å². The molecule has 4 rings (SSSR count). The van der Waals surface area contributed by atoms with Crippen LogP contribution in [0.4, 0.5) is 11.8 Å². The summed E-state index contributed by atoms with van der Waals surface area (Å²) in [7, 11) is 3.60. The van der Waals surface area contributed by atoms with Crippen molar-refractivity contribution < 1.29 is 0 Å². The Bertz CT molecular complexity index is 1050. The number of aromatic nitrogens is 4. The van der Waals surface area contributed by atoms with Gasteiger partial charge in [0.15, 0.2) is 17.0 Å². The smallest absolute Gasteiger partial charge is 0.226 e. The Balaban J connectivity index is 2.06. The first-order valence-electron chi connectivity index (χ1n) is 8.36. The zero-order chi connectivity index (χ0) is 17.9. The van der Waals surface area contributed by atoms with Gasteiger partial charge < -0.3 is 10.6 Å². The van der Waals surface area contributed by atoms with Crippen LogP contribution in [0.25, 0.3) is 33.7 Å². The molecule has 0 amide bonds. The number of benzene rings is 2. The Kier molecular flexibility index (Phi) is 4.15. The Hall–Kier alpha value is -3.54. The summed E-state index contributed by atoms with van der Waals surface area (Å²) in [5.74, 6) is 1.14. The van der Waals surface area contributed by atoms with E-state index in [9.17, 15) is 0 Å². The predicted octanol–water partition coefficient (Wildman–Crippen LogP) is 3.84. The molecule has 0 aliphatic carbocycles. The van der Waals surface area contributed by atoms with E-state index in [1.807, 2.05) is 67.7 Å². The number of nitrogens with one attached hydrogen (secondary N) is 2. The molecule has 0 fully saturated rings. The fraction of sp³-hybridized carbons (Fsp3) is 0.100. The van der Waals surface area contributed by atoms with Crippen LogP contribution in [0.2, 0.25) is 0 Å². The first-order chi connectivity index (χ1) is 12.8. The van der Waals surface area contributed by atoms with E-state index in [1.165, 1.54) is 0 Å². The summed E-state index contributed by atoms with van der Waals surface area (Å²) in [6.45, 7) is 0. The molecule has 0 bridgehead atoms. The second-order valence-electron chi connectivity index (χ2n) is 5.72. The zero-order valence-electron chi connectivity index (χ0n) is 14.6. The van der Waals surface area contributed by atoms with Crippen molar-refractivity contribution in [2.75, 3.05) is 24.7 Å². The van der Waals surface area contributed by atoms with E-state index in [1.54, 1.807) is 7.05 Å². The number of hydrogen-bond acceptors (Lipinski definition) is 6. The van der Waals surface area contributed by atoms with Gasteiger partial charge in [-0.25, -0.2) is 9.97 Å². The molecule has 0 aliphatic rings. The minimum absolute atomic E-state index is 0.502. The predicted molar refractivity (Wildman–Crippen MR) is 105 cm³/mol. The number of rotatable bonds is 4. The van der Waals surface area contributed by atoms with Crippen LogP contribution in [0.1, 0.15) is 0 Å². The van der Waals surface area contributed by atoms with Crippen molar-refractivity contribution in [3.63, 3.8) is 0 Å². The third-order valence-corrected chi connectivity index (χ3v) is 4.09. The number of nitrogens with zero attached hydrogens (tertiary/aromatic N) is 4. The average Bonchev–Trinajstić information content (AvgIpc) is 2.73. The molecule has 2 N–H and O–H groups in total. The molecule has 6 nitrogen and oxygen atoms in total. The van der Waals surface area contributed by atoms with Crippen LogP contribution in [-0.4, -0.2) is 34.0 Å². The highest BCUT2D eigenvalue weighted by atomic mass is 15.2. The molecule has 0 aliphatic heterocycles. The van der Waals surface area contributed by atoms with Crippen LogP contribution < -0.4 is 10.6 Å². The number of fused-ring (bicyclic) bond motifs is 1. The molecule has 0 atom stereocenters. The second kappa shape index (κ2) is 6.76. The van der Waals surface area contributed by atoms with Gasteiger partial charge in [0.1, 0.15) is 0 Å². The zero-order valence-corrected chi connectivity index (χ0v) is 14.6. The third-order valence-electron chi connectivity index (χ3n) is 4.09. The van der Waals surface area contributed by atoms with E-state index in [0.717, 1.165) is 22.5 Å². The summed E-state index contributed by atoms with van der Waals surface area (Å²) in [6.07, 6.45) is 0. The van der Waals surface area contributed by atoms with Gasteiger partial charge in [0.25, 0.3) is 0 Å². The minimum atomic E-state index is 0.502. The summed E-state index contributed by atoms with van der Waals surface area (Å²) in [4.78, 5) is 18.7. The van der Waals surface area contributed by atoms with Crippen LogP contribution in [0.15, 0.2) is 60.7 Å². The molecule has 2 heterocycles. The maximum absolute atomic E-state index is 4.89. The van der Waals surface area contributed by atoms with Crippen molar-refractivity contribution in [2.45, 2.75) is 0 Å². The fourth-order valence-corrected chi connectivity index (χ4v) is 2.83. The first-order valence-corrected chi connectivity index (χ1v) is 8.36. The summed E-state index contributed by atoms with van der Waals surface area (Å²) in [5, 5.41) is 6.06. The van der Waals surface area contributed by atoms with E-state index >= 15 is 0 Å². The van der Waals surface area contributed by atoms with E-state index in [2.05, 4.69) is 20.6 Å². The maximum Gasteiger partial charge on any atom is 0.226 e. The van der Waals surface area contributed by atoms with Gasteiger partial charge in [0, 0.05) is 25.2 Å². The molecule has 0 saturated heterocycles. The summed E-state index contributed by atoms with van der Waals surface area (Å²) in [5.41, 5.74) is 4.79. The van der Waals surface area contributed by atoms with Gasteiger partial charge in [-0.2, -0.15) is 9.97 Å². The monoisotopic (exact) mass is 342 g/mol. The van der Waals surface area contributed by atoms with Crippen molar-refractivity contribution >= 4 is 22.9 Å². The Morgan fingerprint density at radius 2 is 1.19 bits per heavy atom. The van der Waals surface area contributed by atoms with Gasteiger partial charge in [-0.05, 0) is 0 Å². The minimum Gasteiger partial charge on any atom is -0.371 e. The topological polar surface area (TPSA) is 75.6 Å². The van der Waals surface area contributed by atoms with Crippen LogP contribution in [0, 0.1) is 0 Å². The van der Waals surface area contributed by atoms with Gasteiger partial charge >= 0.3 is 0 Å². The van der Waals surface area contributed by atoms with Crippen molar-refractivity contribution in [1.82, 2.24) is 19.9 Å². The third kappa shape index (κ3) is 2.82. The lowest BCUT2D eigenvalue weighted by molar-refractivity contribution is 1.13. The molecule has 0 saturated carbocycles. The van der Waals surface area contributed by atoms with Gasteiger partial charge in [0.2, 0.25) is 5.95 Å². The average molecular weight is 342 g/mol. The van der Waals surface area contributed by atoms with Crippen molar-refractivity contribution in [1.29, 1.82) is 0 Å². The van der Waals surface area contributed by atoms with Gasteiger partial charge in [-0.3, -0.25) is 0 Å². The summed E-state index contributed by atoms with van der Waals surface area (Å²) < 4.78 is 0. The van der Waals surface area contributed by atoms with E-state index in [4.69, 9.17) is 9.97 Å². The number of anilines is 2. The molecule has 0 spiro atoms. The highest BCUT2D eigenvalue weighted by Gasteiger charge is 2.17. The number of hydrogen-bond donors (Lipinski definition) is 2.